The SMILES string of the molecule is O=C(O)c1ccncc1-c1nn(C2CCCCO2)c2cccnc12. The molecule has 0 spiro atoms. The Morgan fingerprint density at radius 1 is 1.29 bits per heavy atom. The van der Waals surface area contributed by atoms with Gasteiger partial charge in [-0.15, -0.1) is 0 Å². The third-order valence-corrected chi connectivity index (χ3v) is 4.20. The zero-order valence-corrected chi connectivity index (χ0v) is 12.9. The molecule has 4 heterocycles. The van der Waals surface area contributed by atoms with E-state index >= 15 is 0 Å². The highest BCUT2D eigenvalue weighted by Gasteiger charge is 2.24. The van der Waals surface area contributed by atoms with Crippen LogP contribution in [0.1, 0.15) is 35.8 Å². The van der Waals surface area contributed by atoms with E-state index in [1.54, 1.807) is 6.20 Å². The Bertz CT molecular complexity index is 900. The van der Waals surface area contributed by atoms with Crippen LogP contribution in [0.5, 0.6) is 0 Å². The molecule has 0 aliphatic carbocycles. The molecule has 1 aliphatic rings. The summed E-state index contributed by atoms with van der Waals surface area (Å²) >= 11 is 0. The summed E-state index contributed by atoms with van der Waals surface area (Å²) in [4.78, 5) is 20.0. The number of nitrogens with zero attached hydrogens (tertiary/aromatic N) is 4. The summed E-state index contributed by atoms with van der Waals surface area (Å²) in [7, 11) is 0. The predicted molar refractivity (Wildman–Crippen MR) is 86.6 cm³/mol. The number of hydrogen-bond acceptors (Lipinski definition) is 5. The standard InChI is InChI=1S/C17H16N4O3/c22-17(23)11-6-8-18-10-12(11)15-16-13(4-3-7-19-16)21(20-15)14-5-1-2-9-24-14/h3-4,6-8,10,14H,1-2,5,9H2,(H,22,23). The Morgan fingerprint density at radius 2 is 2.21 bits per heavy atom. The van der Waals surface area contributed by atoms with Crippen molar-refractivity contribution in [2.75, 3.05) is 6.61 Å². The summed E-state index contributed by atoms with van der Waals surface area (Å²) in [6.45, 7) is 0.703. The average molecular weight is 324 g/mol. The molecule has 0 radical (unpaired) electrons. The van der Waals surface area contributed by atoms with E-state index in [1.807, 2.05) is 16.8 Å². The maximum absolute atomic E-state index is 11.5. The van der Waals surface area contributed by atoms with Crippen LogP contribution in [-0.4, -0.2) is 37.4 Å². The second kappa shape index (κ2) is 6.01. The largest absolute Gasteiger partial charge is 0.478 e. The lowest BCUT2D eigenvalue weighted by molar-refractivity contribution is -0.0365. The van der Waals surface area contributed by atoms with E-state index in [4.69, 9.17) is 4.74 Å². The lowest BCUT2D eigenvalue weighted by Crippen LogP contribution is -2.19. The minimum Gasteiger partial charge on any atom is -0.478 e. The quantitative estimate of drug-likeness (QED) is 0.796. The number of carboxylic acid groups (broad SMARTS) is 1. The van der Waals surface area contributed by atoms with Gasteiger partial charge in [-0.2, -0.15) is 5.10 Å². The molecule has 0 saturated carbocycles. The monoisotopic (exact) mass is 324 g/mol. The van der Waals surface area contributed by atoms with Crippen molar-refractivity contribution in [1.29, 1.82) is 0 Å². The molecule has 3 aromatic rings. The van der Waals surface area contributed by atoms with Gasteiger partial charge in [0.2, 0.25) is 0 Å². The predicted octanol–water partition coefficient (Wildman–Crippen LogP) is 2.89. The maximum Gasteiger partial charge on any atom is 0.336 e. The summed E-state index contributed by atoms with van der Waals surface area (Å²) in [5, 5.41) is 14.1. The second-order valence-corrected chi connectivity index (χ2v) is 5.71. The molecule has 4 rings (SSSR count). The fourth-order valence-corrected chi connectivity index (χ4v) is 3.06. The zero-order valence-electron chi connectivity index (χ0n) is 12.9. The molecular weight excluding hydrogens is 308 g/mol. The third kappa shape index (κ3) is 2.43. The van der Waals surface area contributed by atoms with E-state index in [2.05, 4.69) is 15.1 Å². The van der Waals surface area contributed by atoms with Crippen LogP contribution < -0.4 is 0 Å². The molecule has 1 atom stereocenters. The molecule has 1 fully saturated rings. The second-order valence-electron chi connectivity index (χ2n) is 5.71. The molecule has 0 amide bonds. The Kier molecular flexibility index (Phi) is 3.70. The van der Waals surface area contributed by atoms with Gasteiger partial charge < -0.3 is 9.84 Å². The van der Waals surface area contributed by atoms with E-state index in [0.717, 1.165) is 24.8 Å². The molecule has 0 bridgehead atoms. The van der Waals surface area contributed by atoms with Gasteiger partial charge in [-0.05, 0) is 37.5 Å². The molecule has 1 unspecified atom stereocenters. The average Bonchev–Trinajstić information content (AvgIpc) is 3.02. The van der Waals surface area contributed by atoms with Crippen LogP contribution >= 0.6 is 0 Å². The van der Waals surface area contributed by atoms with Crippen molar-refractivity contribution in [1.82, 2.24) is 19.7 Å². The van der Waals surface area contributed by atoms with Crippen molar-refractivity contribution in [2.24, 2.45) is 0 Å². The van der Waals surface area contributed by atoms with E-state index in [0.29, 0.717) is 23.4 Å². The van der Waals surface area contributed by atoms with E-state index in [1.165, 1.54) is 18.5 Å². The molecule has 1 N–H and O–H groups in total. The highest BCUT2D eigenvalue weighted by Crippen LogP contribution is 2.32. The first-order valence-electron chi connectivity index (χ1n) is 7.88. The van der Waals surface area contributed by atoms with Crippen molar-refractivity contribution < 1.29 is 14.6 Å². The maximum atomic E-state index is 11.5. The number of aromatic nitrogens is 4. The molecule has 122 valence electrons. The van der Waals surface area contributed by atoms with Gasteiger partial charge in [0.25, 0.3) is 0 Å². The number of fused-ring (bicyclic) bond motifs is 1. The van der Waals surface area contributed by atoms with Gasteiger partial charge in [-0.3, -0.25) is 9.97 Å². The van der Waals surface area contributed by atoms with Crippen LogP contribution in [0.15, 0.2) is 36.8 Å². The Hall–Kier alpha value is -2.80. The number of ether oxygens (including phenoxy) is 1. The van der Waals surface area contributed by atoms with Crippen molar-refractivity contribution in [3.05, 3.63) is 42.4 Å². The number of carbonyl (C=O) groups is 1. The van der Waals surface area contributed by atoms with Crippen LogP contribution in [-0.2, 0) is 4.74 Å². The Morgan fingerprint density at radius 3 is 3.00 bits per heavy atom. The molecule has 0 aromatic carbocycles. The third-order valence-electron chi connectivity index (χ3n) is 4.20. The highest BCUT2D eigenvalue weighted by molar-refractivity contribution is 6.00. The molecule has 3 aromatic heterocycles. The van der Waals surface area contributed by atoms with Crippen LogP contribution in [0.3, 0.4) is 0 Å². The van der Waals surface area contributed by atoms with Crippen LogP contribution in [0, 0.1) is 0 Å². The summed E-state index contributed by atoms with van der Waals surface area (Å²) in [6.07, 6.45) is 7.52. The van der Waals surface area contributed by atoms with Crippen LogP contribution in [0.2, 0.25) is 0 Å². The van der Waals surface area contributed by atoms with Crippen molar-refractivity contribution in [2.45, 2.75) is 25.5 Å². The first-order valence-corrected chi connectivity index (χ1v) is 7.88. The lowest BCUT2D eigenvalue weighted by Gasteiger charge is -2.23. The van der Waals surface area contributed by atoms with Crippen LogP contribution in [0.25, 0.3) is 22.3 Å². The molecule has 24 heavy (non-hydrogen) atoms. The normalized spacial score (nSPS) is 17.9. The van der Waals surface area contributed by atoms with Gasteiger partial charge in [0.05, 0.1) is 11.1 Å². The number of hydrogen-bond donors (Lipinski definition) is 1. The molecule has 1 aliphatic heterocycles. The lowest BCUT2D eigenvalue weighted by atomic mass is 10.1. The first-order chi connectivity index (χ1) is 11.8. The molecular formula is C17H16N4O3. The van der Waals surface area contributed by atoms with E-state index < -0.39 is 5.97 Å². The number of carboxylic acids is 1. The fourth-order valence-electron chi connectivity index (χ4n) is 3.06. The number of rotatable bonds is 3. The number of aromatic carboxylic acids is 1. The molecule has 1 saturated heterocycles. The van der Waals surface area contributed by atoms with Crippen molar-refractivity contribution in [3.63, 3.8) is 0 Å². The highest BCUT2D eigenvalue weighted by atomic mass is 16.5. The smallest absolute Gasteiger partial charge is 0.336 e. The molecule has 7 nitrogen and oxygen atoms in total. The summed E-state index contributed by atoms with van der Waals surface area (Å²) in [5.74, 6) is -1.01. The van der Waals surface area contributed by atoms with Crippen molar-refractivity contribution in [3.8, 4) is 11.3 Å². The fraction of sp³-hybridized carbons (Fsp3) is 0.294. The van der Waals surface area contributed by atoms with E-state index in [-0.39, 0.29) is 11.8 Å². The van der Waals surface area contributed by atoms with Gasteiger partial charge in [0.15, 0.2) is 6.23 Å². The van der Waals surface area contributed by atoms with Crippen LogP contribution in [0.4, 0.5) is 0 Å². The molecule has 7 heteroatoms. The topological polar surface area (TPSA) is 90.1 Å². The van der Waals surface area contributed by atoms with Gasteiger partial charge >= 0.3 is 5.97 Å². The summed E-state index contributed by atoms with van der Waals surface area (Å²) in [5.41, 5.74) is 2.63. The van der Waals surface area contributed by atoms with Crippen molar-refractivity contribution >= 4 is 17.0 Å². The summed E-state index contributed by atoms with van der Waals surface area (Å²) < 4.78 is 7.65. The van der Waals surface area contributed by atoms with Gasteiger partial charge in [-0.1, -0.05) is 0 Å². The first kappa shape index (κ1) is 14.8. The van der Waals surface area contributed by atoms with Gasteiger partial charge in [0, 0.05) is 30.8 Å². The Labute approximate surface area is 137 Å². The minimum absolute atomic E-state index is 0.149. The Balaban J connectivity index is 1.92. The van der Waals surface area contributed by atoms with E-state index in [9.17, 15) is 9.90 Å². The summed E-state index contributed by atoms with van der Waals surface area (Å²) in [6, 6.07) is 5.24. The van der Waals surface area contributed by atoms with Gasteiger partial charge in [0.1, 0.15) is 11.2 Å². The van der Waals surface area contributed by atoms with Gasteiger partial charge in [-0.25, -0.2) is 9.48 Å². The number of pyridine rings is 2. The zero-order chi connectivity index (χ0) is 16.5. The minimum atomic E-state index is -1.01.